The summed E-state index contributed by atoms with van der Waals surface area (Å²) in [5.41, 5.74) is 1.49. The number of hydrogen-bond donors (Lipinski definition) is 2. The number of anilines is 1. The Morgan fingerprint density at radius 3 is 2.94 bits per heavy atom. The topological polar surface area (TPSA) is 54.0 Å². The third-order valence-electron chi connectivity index (χ3n) is 3.57. The smallest absolute Gasteiger partial charge is 0.231 e. The molecule has 2 heterocycles. The maximum Gasteiger partial charge on any atom is 0.231 e. The molecule has 1 aliphatic rings. The van der Waals surface area contributed by atoms with Gasteiger partial charge in [-0.25, -0.2) is 0 Å². The van der Waals surface area contributed by atoms with Crippen LogP contribution in [-0.4, -0.2) is 24.0 Å². The highest BCUT2D eigenvalue weighted by atomic mass is 16.2. The Morgan fingerprint density at radius 2 is 2.41 bits per heavy atom. The van der Waals surface area contributed by atoms with Gasteiger partial charge in [-0.3, -0.25) is 9.78 Å². The number of nitrogens with zero attached hydrogens (tertiary/aromatic N) is 1. The van der Waals surface area contributed by atoms with Gasteiger partial charge in [-0.15, -0.1) is 0 Å². The van der Waals surface area contributed by atoms with Crippen molar-refractivity contribution in [1.82, 2.24) is 10.3 Å². The molecule has 4 heteroatoms. The largest absolute Gasteiger partial charge is 0.324 e. The molecule has 0 aromatic carbocycles. The van der Waals surface area contributed by atoms with E-state index in [9.17, 15) is 4.79 Å². The summed E-state index contributed by atoms with van der Waals surface area (Å²) in [6.07, 6.45) is 3.48. The first-order valence-electron chi connectivity index (χ1n) is 6.11. The summed E-state index contributed by atoms with van der Waals surface area (Å²) in [4.78, 5) is 16.5. The maximum atomic E-state index is 12.3. The molecule has 1 atom stereocenters. The van der Waals surface area contributed by atoms with Crippen LogP contribution in [0.25, 0.3) is 0 Å². The van der Waals surface area contributed by atoms with Crippen LogP contribution in [0.1, 0.15) is 25.5 Å². The molecule has 17 heavy (non-hydrogen) atoms. The second kappa shape index (κ2) is 4.84. The van der Waals surface area contributed by atoms with Gasteiger partial charge in [0, 0.05) is 12.2 Å². The van der Waals surface area contributed by atoms with Crippen LogP contribution in [0.15, 0.2) is 18.3 Å². The first kappa shape index (κ1) is 12.0. The van der Waals surface area contributed by atoms with E-state index in [0.717, 1.165) is 37.3 Å². The van der Waals surface area contributed by atoms with Crippen LogP contribution in [0.3, 0.4) is 0 Å². The zero-order valence-electron chi connectivity index (χ0n) is 10.4. The number of rotatable bonds is 3. The summed E-state index contributed by atoms with van der Waals surface area (Å²) in [6, 6.07) is 3.80. The summed E-state index contributed by atoms with van der Waals surface area (Å²) in [5.74, 6) is 0.107. The molecule has 1 aromatic heterocycles. The number of carbonyl (C=O) groups is 1. The Labute approximate surface area is 102 Å². The lowest BCUT2D eigenvalue weighted by atomic mass is 9.83. The van der Waals surface area contributed by atoms with Crippen LogP contribution in [-0.2, 0) is 4.79 Å². The number of aromatic nitrogens is 1. The molecule has 1 aliphatic heterocycles. The van der Waals surface area contributed by atoms with Gasteiger partial charge in [0.2, 0.25) is 5.91 Å². The van der Waals surface area contributed by atoms with Gasteiger partial charge < -0.3 is 10.6 Å². The predicted octanol–water partition coefficient (Wildman–Crippen LogP) is 1.72. The quantitative estimate of drug-likeness (QED) is 0.835. The molecule has 1 fully saturated rings. The van der Waals surface area contributed by atoms with Crippen molar-refractivity contribution in [2.75, 3.05) is 18.4 Å². The normalized spacial score (nSPS) is 23.6. The lowest BCUT2D eigenvalue weighted by Gasteiger charge is -2.25. The molecule has 1 aromatic rings. The van der Waals surface area contributed by atoms with Crippen LogP contribution in [0.2, 0.25) is 0 Å². The molecule has 0 bridgehead atoms. The Morgan fingerprint density at radius 1 is 1.59 bits per heavy atom. The van der Waals surface area contributed by atoms with Crippen LogP contribution in [0.4, 0.5) is 5.69 Å². The fourth-order valence-electron chi connectivity index (χ4n) is 2.21. The second-order valence-corrected chi connectivity index (χ2v) is 4.70. The monoisotopic (exact) mass is 233 g/mol. The summed E-state index contributed by atoms with van der Waals surface area (Å²) < 4.78 is 0. The van der Waals surface area contributed by atoms with Gasteiger partial charge in [0.15, 0.2) is 0 Å². The molecule has 0 radical (unpaired) electrons. The number of pyridine rings is 1. The van der Waals surface area contributed by atoms with Gasteiger partial charge in [0.25, 0.3) is 0 Å². The molecule has 0 saturated carbocycles. The molecule has 2 rings (SSSR count). The molecule has 4 nitrogen and oxygen atoms in total. The van der Waals surface area contributed by atoms with E-state index in [1.807, 2.05) is 19.1 Å². The minimum atomic E-state index is -0.245. The summed E-state index contributed by atoms with van der Waals surface area (Å²) >= 11 is 0. The highest BCUT2D eigenvalue weighted by Crippen LogP contribution is 2.30. The van der Waals surface area contributed by atoms with Gasteiger partial charge in [0.1, 0.15) is 0 Å². The van der Waals surface area contributed by atoms with Gasteiger partial charge in [-0.05, 0) is 38.4 Å². The van der Waals surface area contributed by atoms with Crippen molar-refractivity contribution in [3.63, 3.8) is 0 Å². The van der Waals surface area contributed by atoms with Crippen molar-refractivity contribution in [1.29, 1.82) is 0 Å². The van der Waals surface area contributed by atoms with E-state index in [1.54, 1.807) is 6.20 Å². The summed E-state index contributed by atoms with van der Waals surface area (Å²) in [5, 5.41) is 6.22. The van der Waals surface area contributed by atoms with Crippen LogP contribution >= 0.6 is 0 Å². The lowest BCUT2D eigenvalue weighted by Crippen LogP contribution is -2.37. The zero-order valence-corrected chi connectivity index (χ0v) is 10.4. The predicted molar refractivity (Wildman–Crippen MR) is 67.8 cm³/mol. The number of carbonyl (C=O) groups excluding carboxylic acids is 1. The van der Waals surface area contributed by atoms with Crippen molar-refractivity contribution in [2.24, 2.45) is 5.41 Å². The van der Waals surface area contributed by atoms with E-state index < -0.39 is 0 Å². The summed E-state index contributed by atoms with van der Waals surface area (Å²) in [7, 11) is 0. The molecular formula is C13H19N3O. The van der Waals surface area contributed by atoms with Crippen molar-refractivity contribution in [3.05, 3.63) is 24.0 Å². The van der Waals surface area contributed by atoms with Gasteiger partial charge in [-0.2, -0.15) is 0 Å². The Bertz CT molecular complexity index is 394. The zero-order chi connectivity index (χ0) is 12.3. The molecule has 0 aliphatic carbocycles. The Hall–Kier alpha value is -1.42. The molecule has 2 N–H and O–H groups in total. The van der Waals surface area contributed by atoms with Crippen molar-refractivity contribution in [3.8, 4) is 0 Å². The minimum Gasteiger partial charge on any atom is -0.324 e. The summed E-state index contributed by atoms with van der Waals surface area (Å²) in [6.45, 7) is 5.70. The highest BCUT2D eigenvalue weighted by Gasteiger charge is 2.39. The third-order valence-corrected chi connectivity index (χ3v) is 3.57. The average molecular weight is 233 g/mol. The maximum absolute atomic E-state index is 12.3. The van der Waals surface area contributed by atoms with E-state index in [2.05, 4.69) is 22.5 Å². The van der Waals surface area contributed by atoms with E-state index in [4.69, 9.17) is 0 Å². The van der Waals surface area contributed by atoms with Gasteiger partial charge in [0.05, 0.1) is 17.3 Å². The minimum absolute atomic E-state index is 0.107. The van der Waals surface area contributed by atoms with E-state index >= 15 is 0 Å². The van der Waals surface area contributed by atoms with Gasteiger partial charge in [-0.1, -0.05) is 6.92 Å². The number of nitrogens with one attached hydrogen (secondary N) is 2. The average Bonchev–Trinajstić information content (AvgIpc) is 2.82. The van der Waals surface area contributed by atoms with E-state index in [-0.39, 0.29) is 11.3 Å². The Balaban J connectivity index is 2.08. The van der Waals surface area contributed by atoms with Crippen LogP contribution < -0.4 is 10.6 Å². The number of aryl methyl sites for hydroxylation is 1. The first-order chi connectivity index (χ1) is 8.16. The Kier molecular flexibility index (Phi) is 3.43. The van der Waals surface area contributed by atoms with Crippen molar-refractivity contribution >= 4 is 11.6 Å². The van der Waals surface area contributed by atoms with E-state index in [0.29, 0.717) is 0 Å². The highest BCUT2D eigenvalue weighted by molar-refractivity contribution is 5.95. The molecule has 1 unspecified atom stereocenters. The molecule has 1 amide bonds. The lowest BCUT2D eigenvalue weighted by molar-refractivity contribution is -0.124. The fourth-order valence-corrected chi connectivity index (χ4v) is 2.21. The number of hydrogen-bond acceptors (Lipinski definition) is 3. The molecular weight excluding hydrogens is 214 g/mol. The molecule has 1 saturated heterocycles. The van der Waals surface area contributed by atoms with Gasteiger partial charge >= 0.3 is 0 Å². The first-order valence-corrected chi connectivity index (χ1v) is 6.11. The van der Waals surface area contributed by atoms with Crippen LogP contribution in [0.5, 0.6) is 0 Å². The van der Waals surface area contributed by atoms with E-state index in [1.165, 1.54) is 0 Å². The molecule has 92 valence electrons. The van der Waals surface area contributed by atoms with Crippen LogP contribution in [0, 0.1) is 12.3 Å². The van der Waals surface area contributed by atoms with Crippen molar-refractivity contribution in [2.45, 2.75) is 26.7 Å². The SMILES string of the molecule is CCC1(C(=O)Nc2ccc(C)nc2)CCNC1. The van der Waals surface area contributed by atoms with Crippen molar-refractivity contribution < 1.29 is 4.79 Å². The fraction of sp³-hybridized carbons (Fsp3) is 0.538. The molecule has 0 spiro atoms. The number of amides is 1. The third kappa shape index (κ3) is 2.47. The standard InChI is InChI=1S/C13H19N3O/c1-3-13(6-7-14-9-13)12(17)16-11-5-4-10(2)15-8-11/h4-5,8,14H,3,6-7,9H2,1-2H3,(H,16,17). The second-order valence-electron chi connectivity index (χ2n) is 4.70.